The van der Waals surface area contributed by atoms with Gasteiger partial charge in [-0.2, -0.15) is 0 Å². The first-order valence-electron chi connectivity index (χ1n) is 9.41. The molecule has 0 aliphatic heterocycles. The van der Waals surface area contributed by atoms with Crippen LogP contribution in [0, 0.1) is 13.8 Å². The lowest BCUT2D eigenvalue weighted by Gasteiger charge is -2.12. The third-order valence-corrected chi connectivity index (χ3v) is 4.67. The molecule has 0 spiro atoms. The molecule has 2 N–H and O–H groups in total. The molecule has 6 nitrogen and oxygen atoms in total. The molecule has 0 saturated heterocycles. The van der Waals surface area contributed by atoms with Crippen LogP contribution < -0.4 is 10.1 Å². The molecule has 3 aromatic rings. The summed E-state index contributed by atoms with van der Waals surface area (Å²) >= 11 is 0. The Morgan fingerprint density at radius 1 is 1.07 bits per heavy atom. The van der Waals surface area contributed by atoms with Gasteiger partial charge in [-0.1, -0.05) is 26.0 Å². The quantitative estimate of drug-likeness (QED) is 0.644. The monoisotopic (exact) mass is 378 g/mol. The fraction of sp³-hybridized carbons (Fsp3) is 0.318. The number of H-pyrrole nitrogens is 1. The SMILES string of the molecule is Cc1nc(C(C)NC(=O)c2ccc(Oc3ccc(C(C)C)cc3)nc2)[nH]c1C. The van der Waals surface area contributed by atoms with Crippen molar-refractivity contribution in [2.24, 2.45) is 0 Å². The van der Waals surface area contributed by atoms with Crippen LogP contribution in [0.3, 0.4) is 0 Å². The zero-order valence-electron chi connectivity index (χ0n) is 16.9. The van der Waals surface area contributed by atoms with Crippen molar-refractivity contribution in [3.8, 4) is 11.6 Å². The Hall–Kier alpha value is -3.15. The number of carbonyl (C=O) groups excluding carboxylic acids is 1. The fourth-order valence-corrected chi connectivity index (χ4v) is 2.74. The summed E-state index contributed by atoms with van der Waals surface area (Å²) in [6.07, 6.45) is 1.51. The second kappa shape index (κ2) is 8.25. The van der Waals surface area contributed by atoms with Gasteiger partial charge in [0.15, 0.2) is 0 Å². The maximum atomic E-state index is 12.5. The van der Waals surface area contributed by atoms with Crippen molar-refractivity contribution in [3.05, 3.63) is 70.9 Å². The van der Waals surface area contributed by atoms with E-state index in [2.05, 4.69) is 34.1 Å². The highest BCUT2D eigenvalue weighted by molar-refractivity contribution is 5.94. The molecule has 0 bridgehead atoms. The van der Waals surface area contributed by atoms with Gasteiger partial charge in [0.05, 0.1) is 17.3 Å². The van der Waals surface area contributed by atoms with Crippen molar-refractivity contribution >= 4 is 5.91 Å². The number of pyridine rings is 1. The highest BCUT2D eigenvalue weighted by atomic mass is 16.5. The van der Waals surface area contributed by atoms with Crippen molar-refractivity contribution in [1.82, 2.24) is 20.3 Å². The second-order valence-electron chi connectivity index (χ2n) is 7.24. The molecular weight excluding hydrogens is 352 g/mol. The normalized spacial score (nSPS) is 12.1. The molecule has 0 fully saturated rings. The number of amides is 1. The number of imidazole rings is 1. The summed E-state index contributed by atoms with van der Waals surface area (Å²) in [6.45, 7) is 10.1. The molecule has 1 amide bonds. The maximum Gasteiger partial charge on any atom is 0.253 e. The van der Waals surface area contributed by atoms with E-state index in [4.69, 9.17) is 4.74 Å². The fourth-order valence-electron chi connectivity index (χ4n) is 2.74. The number of benzene rings is 1. The van der Waals surface area contributed by atoms with Gasteiger partial charge in [-0.3, -0.25) is 4.79 Å². The van der Waals surface area contributed by atoms with E-state index in [-0.39, 0.29) is 11.9 Å². The van der Waals surface area contributed by atoms with E-state index in [0.717, 1.165) is 17.2 Å². The summed E-state index contributed by atoms with van der Waals surface area (Å²) in [5.41, 5.74) is 3.65. The predicted molar refractivity (Wildman–Crippen MR) is 109 cm³/mol. The second-order valence-corrected chi connectivity index (χ2v) is 7.24. The van der Waals surface area contributed by atoms with Crippen LogP contribution in [-0.4, -0.2) is 20.9 Å². The minimum absolute atomic E-state index is 0.209. The van der Waals surface area contributed by atoms with E-state index in [1.807, 2.05) is 45.0 Å². The molecule has 28 heavy (non-hydrogen) atoms. The number of rotatable bonds is 6. The lowest BCUT2D eigenvalue weighted by atomic mass is 10.0. The molecule has 0 aliphatic carbocycles. The molecule has 1 unspecified atom stereocenters. The number of nitrogens with one attached hydrogen (secondary N) is 2. The van der Waals surface area contributed by atoms with Crippen molar-refractivity contribution in [2.75, 3.05) is 0 Å². The van der Waals surface area contributed by atoms with Gasteiger partial charge < -0.3 is 15.0 Å². The summed E-state index contributed by atoms with van der Waals surface area (Å²) in [5, 5.41) is 2.93. The van der Waals surface area contributed by atoms with E-state index < -0.39 is 0 Å². The Balaban J connectivity index is 1.62. The van der Waals surface area contributed by atoms with Crippen LogP contribution in [0.4, 0.5) is 0 Å². The van der Waals surface area contributed by atoms with Crippen molar-refractivity contribution in [3.63, 3.8) is 0 Å². The van der Waals surface area contributed by atoms with Crippen LogP contribution in [0.2, 0.25) is 0 Å². The Morgan fingerprint density at radius 2 is 1.79 bits per heavy atom. The van der Waals surface area contributed by atoms with Crippen molar-refractivity contribution in [1.29, 1.82) is 0 Å². The number of aromatic amines is 1. The van der Waals surface area contributed by atoms with Gasteiger partial charge in [0, 0.05) is 18.0 Å². The highest BCUT2D eigenvalue weighted by Crippen LogP contribution is 2.23. The molecule has 2 aromatic heterocycles. The molecule has 2 heterocycles. The van der Waals surface area contributed by atoms with E-state index in [0.29, 0.717) is 23.1 Å². The Morgan fingerprint density at radius 3 is 2.32 bits per heavy atom. The number of carbonyl (C=O) groups is 1. The first-order chi connectivity index (χ1) is 13.3. The molecule has 0 saturated carbocycles. The van der Waals surface area contributed by atoms with Gasteiger partial charge in [0.25, 0.3) is 5.91 Å². The summed E-state index contributed by atoms with van der Waals surface area (Å²) in [7, 11) is 0. The molecule has 1 aromatic carbocycles. The van der Waals surface area contributed by atoms with Crippen LogP contribution >= 0.6 is 0 Å². The van der Waals surface area contributed by atoms with Gasteiger partial charge >= 0.3 is 0 Å². The number of hydrogen-bond donors (Lipinski definition) is 2. The molecule has 0 radical (unpaired) electrons. The van der Waals surface area contributed by atoms with E-state index in [9.17, 15) is 4.79 Å². The largest absolute Gasteiger partial charge is 0.439 e. The van der Waals surface area contributed by atoms with Crippen LogP contribution in [0.15, 0.2) is 42.6 Å². The Kier molecular flexibility index (Phi) is 5.78. The van der Waals surface area contributed by atoms with E-state index in [1.165, 1.54) is 11.8 Å². The smallest absolute Gasteiger partial charge is 0.253 e. The minimum Gasteiger partial charge on any atom is -0.439 e. The zero-order valence-corrected chi connectivity index (χ0v) is 16.9. The van der Waals surface area contributed by atoms with Crippen molar-refractivity contribution < 1.29 is 9.53 Å². The number of hydrogen-bond acceptors (Lipinski definition) is 4. The van der Waals surface area contributed by atoms with E-state index >= 15 is 0 Å². The maximum absolute atomic E-state index is 12.5. The Labute approximate surface area is 165 Å². The predicted octanol–water partition coefficient (Wildman–Crippen LogP) is 4.83. The number of ether oxygens (including phenoxy) is 1. The number of aromatic nitrogens is 3. The topological polar surface area (TPSA) is 79.9 Å². The van der Waals surface area contributed by atoms with Gasteiger partial charge in [0.2, 0.25) is 5.88 Å². The van der Waals surface area contributed by atoms with Gasteiger partial charge in [-0.25, -0.2) is 9.97 Å². The summed E-state index contributed by atoms with van der Waals surface area (Å²) in [5.74, 6) is 2.16. The summed E-state index contributed by atoms with van der Waals surface area (Å²) in [6, 6.07) is 11.1. The van der Waals surface area contributed by atoms with Crippen LogP contribution in [0.1, 0.15) is 65.9 Å². The lowest BCUT2D eigenvalue weighted by molar-refractivity contribution is 0.0938. The summed E-state index contributed by atoms with van der Waals surface area (Å²) < 4.78 is 5.76. The zero-order chi connectivity index (χ0) is 20.3. The average molecular weight is 378 g/mol. The number of aryl methyl sites for hydroxylation is 2. The standard InChI is InChI=1S/C22H26N4O2/c1-13(2)17-6-9-19(10-7-17)28-20-11-8-18(12-23-20)22(27)26-16(5)21-24-14(3)15(4)25-21/h6-13,16H,1-5H3,(H,24,25)(H,26,27). The van der Waals surface area contributed by atoms with Crippen LogP contribution in [0.5, 0.6) is 11.6 Å². The molecule has 3 rings (SSSR count). The molecule has 146 valence electrons. The first kappa shape index (κ1) is 19.6. The van der Waals surface area contributed by atoms with Crippen LogP contribution in [-0.2, 0) is 0 Å². The van der Waals surface area contributed by atoms with Gasteiger partial charge in [0.1, 0.15) is 11.6 Å². The highest BCUT2D eigenvalue weighted by Gasteiger charge is 2.15. The molecule has 1 atom stereocenters. The van der Waals surface area contributed by atoms with E-state index in [1.54, 1.807) is 12.1 Å². The molecular formula is C22H26N4O2. The number of nitrogens with zero attached hydrogens (tertiary/aromatic N) is 2. The lowest BCUT2D eigenvalue weighted by Crippen LogP contribution is -2.27. The molecule has 6 heteroatoms. The average Bonchev–Trinajstić information content (AvgIpc) is 3.01. The third kappa shape index (κ3) is 4.57. The van der Waals surface area contributed by atoms with Crippen LogP contribution in [0.25, 0.3) is 0 Å². The van der Waals surface area contributed by atoms with Gasteiger partial charge in [-0.15, -0.1) is 0 Å². The van der Waals surface area contributed by atoms with Crippen molar-refractivity contribution in [2.45, 2.75) is 46.6 Å². The minimum atomic E-state index is -0.227. The Bertz CT molecular complexity index is 924. The molecule has 0 aliphatic rings. The first-order valence-corrected chi connectivity index (χ1v) is 9.41. The summed E-state index contributed by atoms with van der Waals surface area (Å²) in [4.78, 5) is 24.3. The third-order valence-electron chi connectivity index (χ3n) is 4.67. The van der Waals surface area contributed by atoms with Gasteiger partial charge in [-0.05, 0) is 50.5 Å².